The molecule has 0 radical (unpaired) electrons. The van der Waals surface area contributed by atoms with Crippen LogP contribution in [0.2, 0.25) is 5.02 Å². The Bertz CT molecular complexity index is 1170. The average molecular weight is 462 g/mol. The van der Waals surface area contributed by atoms with E-state index in [2.05, 4.69) is 9.72 Å². The second kappa shape index (κ2) is 8.51. The van der Waals surface area contributed by atoms with Gasteiger partial charge in [-0.05, 0) is 48.0 Å². The molecule has 1 aromatic heterocycles. The van der Waals surface area contributed by atoms with E-state index in [1.54, 1.807) is 30.5 Å². The Morgan fingerprint density at radius 2 is 1.75 bits per heavy atom. The van der Waals surface area contributed by atoms with E-state index in [0.29, 0.717) is 10.7 Å². The Labute approximate surface area is 185 Å². The van der Waals surface area contributed by atoms with Crippen LogP contribution in [0.4, 0.5) is 23.7 Å². The van der Waals surface area contributed by atoms with Crippen LogP contribution in [-0.4, -0.2) is 34.7 Å². The van der Waals surface area contributed by atoms with Crippen LogP contribution >= 0.6 is 11.6 Å². The number of nitrogens with zero attached hydrogens (tertiary/aromatic N) is 3. The molecule has 1 fully saturated rings. The monoisotopic (exact) mass is 461 g/mol. The molecule has 0 unspecified atom stereocenters. The summed E-state index contributed by atoms with van der Waals surface area (Å²) >= 11 is 6.23. The van der Waals surface area contributed by atoms with Crippen molar-refractivity contribution in [2.45, 2.75) is 12.9 Å². The van der Waals surface area contributed by atoms with Gasteiger partial charge in [0.05, 0.1) is 11.4 Å². The number of urea groups is 1. The number of rotatable bonds is 5. The van der Waals surface area contributed by atoms with E-state index in [-0.39, 0.29) is 18.8 Å². The highest BCUT2D eigenvalue weighted by Gasteiger charge is 2.37. The third-order valence-corrected chi connectivity index (χ3v) is 5.04. The first-order chi connectivity index (χ1) is 15.2. The topological polar surface area (TPSA) is 62.7 Å². The van der Waals surface area contributed by atoms with Gasteiger partial charge in [-0.2, -0.15) is 0 Å². The molecule has 1 aliphatic rings. The zero-order valence-corrected chi connectivity index (χ0v) is 17.1. The van der Waals surface area contributed by atoms with Crippen molar-refractivity contribution in [3.8, 4) is 17.0 Å². The standard InChI is InChI=1S/C22H15ClF3N3O3/c23-18-4-2-1-3-17(18)19-11-14(9-10-27-19)12-28-13-20(30)29(21(28)31)15-5-7-16(8-6-15)32-22(24,25)26/h1-11H,12-13H2. The second-order valence-electron chi connectivity index (χ2n) is 6.94. The molecule has 10 heteroatoms. The third-order valence-electron chi connectivity index (χ3n) is 4.71. The van der Waals surface area contributed by atoms with Crippen LogP contribution in [0.25, 0.3) is 11.3 Å². The Morgan fingerprint density at radius 3 is 2.44 bits per heavy atom. The number of alkyl halides is 3. The molecule has 4 rings (SSSR count). The Hall–Kier alpha value is -3.59. The zero-order valence-electron chi connectivity index (χ0n) is 16.3. The van der Waals surface area contributed by atoms with Gasteiger partial charge in [0.15, 0.2) is 0 Å². The average Bonchev–Trinajstić information content (AvgIpc) is 3.01. The summed E-state index contributed by atoms with van der Waals surface area (Å²) in [7, 11) is 0. The number of benzene rings is 2. The molecule has 0 saturated carbocycles. The first-order valence-corrected chi connectivity index (χ1v) is 9.76. The maximum absolute atomic E-state index is 12.8. The summed E-state index contributed by atoms with van der Waals surface area (Å²) in [4.78, 5) is 31.9. The molecule has 32 heavy (non-hydrogen) atoms. The molecule has 164 valence electrons. The van der Waals surface area contributed by atoms with Crippen molar-refractivity contribution in [1.29, 1.82) is 0 Å². The summed E-state index contributed by atoms with van der Waals surface area (Å²) < 4.78 is 40.8. The molecule has 2 aromatic carbocycles. The number of pyridine rings is 1. The number of anilines is 1. The molecule has 3 aromatic rings. The summed E-state index contributed by atoms with van der Waals surface area (Å²) in [5, 5.41) is 0.536. The van der Waals surface area contributed by atoms with E-state index < -0.39 is 24.1 Å². The van der Waals surface area contributed by atoms with Crippen molar-refractivity contribution in [3.63, 3.8) is 0 Å². The lowest BCUT2D eigenvalue weighted by Gasteiger charge is -2.18. The number of carbonyl (C=O) groups excluding carboxylic acids is 2. The quantitative estimate of drug-likeness (QED) is 0.486. The molecule has 0 N–H and O–H groups in total. The number of hydrogen-bond donors (Lipinski definition) is 0. The van der Waals surface area contributed by atoms with E-state index in [4.69, 9.17) is 11.6 Å². The van der Waals surface area contributed by atoms with Gasteiger partial charge in [0.25, 0.3) is 5.91 Å². The Morgan fingerprint density at radius 1 is 1.03 bits per heavy atom. The lowest BCUT2D eigenvalue weighted by molar-refractivity contribution is -0.274. The molecule has 1 saturated heterocycles. The van der Waals surface area contributed by atoms with Crippen LogP contribution in [-0.2, 0) is 11.3 Å². The van der Waals surface area contributed by atoms with E-state index in [0.717, 1.165) is 28.2 Å². The lowest BCUT2D eigenvalue weighted by atomic mass is 10.1. The van der Waals surface area contributed by atoms with Gasteiger partial charge < -0.3 is 9.64 Å². The number of aromatic nitrogens is 1. The SMILES string of the molecule is O=C1CN(Cc2ccnc(-c3ccccc3Cl)c2)C(=O)N1c1ccc(OC(F)(F)F)cc1. The van der Waals surface area contributed by atoms with Crippen molar-refractivity contribution in [1.82, 2.24) is 9.88 Å². The number of hydrogen-bond acceptors (Lipinski definition) is 4. The molecule has 0 aliphatic carbocycles. The van der Waals surface area contributed by atoms with E-state index in [1.807, 2.05) is 12.1 Å². The summed E-state index contributed by atoms with van der Waals surface area (Å²) in [6.45, 7) is -0.0142. The van der Waals surface area contributed by atoms with Crippen LogP contribution in [0.5, 0.6) is 5.75 Å². The lowest BCUT2D eigenvalue weighted by Crippen LogP contribution is -2.32. The molecule has 3 amide bonds. The molecular weight excluding hydrogens is 447 g/mol. The predicted octanol–water partition coefficient (Wildman–Crippen LogP) is 5.27. The zero-order chi connectivity index (χ0) is 22.9. The normalized spacial score (nSPS) is 14.2. The van der Waals surface area contributed by atoms with E-state index in [1.165, 1.54) is 17.0 Å². The van der Waals surface area contributed by atoms with Gasteiger partial charge >= 0.3 is 12.4 Å². The van der Waals surface area contributed by atoms with Crippen LogP contribution in [0.15, 0.2) is 66.9 Å². The van der Waals surface area contributed by atoms with Crippen LogP contribution in [0.3, 0.4) is 0 Å². The van der Waals surface area contributed by atoms with Crippen molar-refractivity contribution < 1.29 is 27.5 Å². The van der Waals surface area contributed by atoms with Gasteiger partial charge in [0.1, 0.15) is 12.3 Å². The molecule has 0 bridgehead atoms. The van der Waals surface area contributed by atoms with Gasteiger partial charge in [-0.25, -0.2) is 9.69 Å². The summed E-state index contributed by atoms with van der Waals surface area (Å²) in [5.41, 5.74) is 2.26. The first kappa shape index (κ1) is 21.6. The minimum Gasteiger partial charge on any atom is -0.406 e. The van der Waals surface area contributed by atoms with Crippen molar-refractivity contribution in [2.24, 2.45) is 0 Å². The number of ether oxygens (including phenoxy) is 1. The van der Waals surface area contributed by atoms with Crippen molar-refractivity contribution in [3.05, 3.63) is 77.4 Å². The highest BCUT2D eigenvalue weighted by Crippen LogP contribution is 2.29. The molecule has 1 aliphatic heterocycles. The fraction of sp³-hybridized carbons (Fsp3) is 0.136. The van der Waals surface area contributed by atoms with Crippen molar-refractivity contribution >= 4 is 29.2 Å². The number of amides is 3. The molecule has 2 heterocycles. The Balaban J connectivity index is 1.50. The number of carbonyl (C=O) groups is 2. The van der Waals surface area contributed by atoms with E-state index >= 15 is 0 Å². The Kier molecular flexibility index (Phi) is 5.75. The van der Waals surface area contributed by atoms with Crippen molar-refractivity contribution in [2.75, 3.05) is 11.4 Å². The minimum atomic E-state index is -4.83. The number of imide groups is 1. The maximum atomic E-state index is 12.8. The summed E-state index contributed by atoms with van der Waals surface area (Å²) in [6, 6.07) is 14.7. The smallest absolute Gasteiger partial charge is 0.406 e. The largest absolute Gasteiger partial charge is 0.573 e. The molecule has 0 spiro atoms. The van der Waals surface area contributed by atoms with Gasteiger partial charge in [0, 0.05) is 23.3 Å². The first-order valence-electron chi connectivity index (χ1n) is 9.39. The summed E-state index contributed by atoms with van der Waals surface area (Å²) in [6.07, 6.45) is -3.24. The molecule has 6 nitrogen and oxygen atoms in total. The van der Waals surface area contributed by atoms with Crippen LogP contribution < -0.4 is 9.64 Å². The fourth-order valence-corrected chi connectivity index (χ4v) is 3.57. The maximum Gasteiger partial charge on any atom is 0.573 e. The van der Waals surface area contributed by atoms with Gasteiger partial charge in [-0.15, -0.1) is 13.2 Å². The third kappa shape index (κ3) is 4.67. The fourth-order valence-electron chi connectivity index (χ4n) is 3.33. The molecule has 0 atom stereocenters. The van der Waals surface area contributed by atoms with Gasteiger partial charge in [0.2, 0.25) is 0 Å². The number of halogens is 4. The minimum absolute atomic E-state index is 0.149. The van der Waals surface area contributed by atoms with Crippen LogP contribution in [0.1, 0.15) is 5.56 Å². The predicted molar refractivity (Wildman–Crippen MR) is 111 cm³/mol. The summed E-state index contributed by atoms with van der Waals surface area (Å²) in [5.74, 6) is -0.930. The van der Waals surface area contributed by atoms with Gasteiger partial charge in [-0.3, -0.25) is 9.78 Å². The second-order valence-corrected chi connectivity index (χ2v) is 7.35. The van der Waals surface area contributed by atoms with Gasteiger partial charge in [-0.1, -0.05) is 29.8 Å². The highest BCUT2D eigenvalue weighted by molar-refractivity contribution is 6.33. The van der Waals surface area contributed by atoms with E-state index in [9.17, 15) is 22.8 Å². The van der Waals surface area contributed by atoms with Crippen LogP contribution in [0, 0.1) is 0 Å². The molecular formula is C22H15ClF3N3O3. The highest BCUT2D eigenvalue weighted by atomic mass is 35.5.